The van der Waals surface area contributed by atoms with Gasteiger partial charge in [-0.05, 0) is 43.3 Å². The molecule has 0 fully saturated rings. The Morgan fingerprint density at radius 3 is 2.41 bits per heavy atom. The number of primary amides is 1. The van der Waals surface area contributed by atoms with Gasteiger partial charge in [-0.1, -0.05) is 6.07 Å². The van der Waals surface area contributed by atoms with Crippen molar-refractivity contribution in [1.82, 2.24) is 0 Å². The molecule has 32 heavy (non-hydrogen) atoms. The number of nitrogens with two attached hydrogens (primary N) is 1. The highest BCUT2D eigenvalue weighted by molar-refractivity contribution is 6.05. The number of hydrogen-bond donors (Lipinski definition) is 2. The Labute approximate surface area is 181 Å². The maximum absolute atomic E-state index is 13.3. The van der Waals surface area contributed by atoms with Crippen LogP contribution in [0.4, 0.5) is 13.2 Å². The molecule has 0 aliphatic heterocycles. The number of amides is 2. The van der Waals surface area contributed by atoms with Crippen molar-refractivity contribution in [3.63, 3.8) is 0 Å². The highest BCUT2D eigenvalue weighted by Gasteiger charge is 2.42. The molecule has 0 radical (unpaired) electrons. The van der Waals surface area contributed by atoms with Crippen LogP contribution in [-0.4, -0.2) is 48.1 Å². The summed E-state index contributed by atoms with van der Waals surface area (Å²) in [7, 11) is 2.88. The molecule has 0 aliphatic carbocycles. The highest BCUT2D eigenvalue weighted by atomic mass is 19.4. The van der Waals surface area contributed by atoms with E-state index in [1.54, 1.807) is 6.92 Å². The Balaban J connectivity index is 2.02. The van der Waals surface area contributed by atoms with Gasteiger partial charge in [0.1, 0.15) is 35.0 Å². The highest BCUT2D eigenvalue weighted by Crippen LogP contribution is 2.35. The SMILES string of the molecule is Cc1oc2ccc(Oc3cccc(C(F)(F)F)c3)cc2c1C(=O)[N+](C)(C)C(CO)C(N)=O. The van der Waals surface area contributed by atoms with Gasteiger partial charge in [-0.25, -0.2) is 9.28 Å². The molecule has 0 bridgehead atoms. The molecule has 1 unspecified atom stereocenters. The standard InChI is InChI=1S/C22H21F3N2O5/c1-12-19(21(30)27(2,3)17(11-28)20(26)29)16-10-15(7-8-18(16)31-12)32-14-6-4-5-13(9-14)22(23,24)25/h4-10,17,28H,11H2,1-3H3,(H-,26,29)/p+1. The summed E-state index contributed by atoms with van der Waals surface area (Å²) >= 11 is 0. The molecule has 3 aromatic rings. The predicted octanol–water partition coefficient (Wildman–Crippen LogP) is 3.62. The molecular formula is C22H22F3N2O5+. The lowest BCUT2D eigenvalue weighted by molar-refractivity contribution is -0.825. The molecule has 0 saturated carbocycles. The fraction of sp³-hybridized carbons (Fsp3) is 0.273. The number of aliphatic hydroxyl groups is 1. The second-order valence-electron chi connectivity index (χ2n) is 7.76. The summed E-state index contributed by atoms with van der Waals surface area (Å²) in [6.45, 7) is 0.936. The molecule has 0 spiro atoms. The number of rotatable bonds is 6. The van der Waals surface area contributed by atoms with Crippen LogP contribution < -0.4 is 10.5 Å². The number of quaternary nitrogens is 1. The van der Waals surface area contributed by atoms with Gasteiger partial charge in [0.2, 0.25) is 0 Å². The minimum Gasteiger partial charge on any atom is -0.460 e. The number of halogens is 3. The molecular weight excluding hydrogens is 429 g/mol. The largest absolute Gasteiger partial charge is 0.460 e. The summed E-state index contributed by atoms with van der Waals surface area (Å²) in [5.74, 6) is -0.947. The third-order valence-corrected chi connectivity index (χ3v) is 5.25. The lowest BCUT2D eigenvalue weighted by Crippen LogP contribution is -2.60. The predicted molar refractivity (Wildman–Crippen MR) is 109 cm³/mol. The van der Waals surface area contributed by atoms with E-state index in [0.717, 1.165) is 12.1 Å². The van der Waals surface area contributed by atoms with Crippen LogP contribution in [0.15, 0.2) is 46.9 Å². The van der Waals surface area contributed by atoms with Gasteiger partial charge in [-0.2, -0.15) is 13.2 Å². The summed E-state index contributed by atoms with van der Waals surface area (Å²) in [6.07, 6.45) is -4.52. The van der Waals surface area contributed by atoms with Gasteiger partial charge in [0.05, 0.1) is 19.7 Å². The van der Waals surface area contributed by atoms with E-state index < -0.39 is 40.7 Å². The Morgan fingerprint density at radius 2 is 1.81 bits per heavy atom. The van der Waals surface area contributed by atoms with Crippen LogP contribution in [0.1, 0.15) is 21.7 Å². The van der Waals surface area contributed by atoms with Crippen molar-refractivity contribution in [1.29, 1.82) is 0 Å². The van der Waals surface area contributed by atoms with E-state index >= 15 is 0 Å². The van der Waals surface area contributed by atoms with Crippen LogP contribution in [0, 0.1) is 6.92 Å². The third-order valence-electron chi connectivity index (χ3n) is 5.25. The van der Waals surface area contributed by atoms with Gasteiger partial charge in [0.15, 0.2) is 6.04 Å². The number of ether oxygens (including phenoxy) is 1. The van der Waals surface area contributed by atoms with Gasteiger partial charge in [-0.3, -0.25) is 4.79 Å². The maximum atomic E-state index is 13.3. The molecule has 2 aromatic carbocycles. The summed E-state index contributed by atoms with van der Waals surface area (Å²) < 4.78 is 49.6. The molecule has 170 valence electrons. The number of aryl methyl sites for hydroxylation is 1. The molecule has 7 nitrogen and oxygen atoms in total. The van der Waals surface area contributed by atoms with E-state index in [-0.39, 0.29) is 22.8 Å². The van der Waals surface area contributed by atoms with Gasteiger partial charge in [-0.15, -0.1) is 0 Å². The number of carbonyl (C=O) groups excluding carboxylic acids is 2. The van der Waals surface area contributed by atoms with E-state index in [2.05, 4.69) is 0 Å². The fourth-order valence-electron chi connectivity index (χ4n) is 3.44. The van der Waals surface area contributed by atoms with Crippen LogP contribution in [0.3, 0.4) is 0 Å². The first-order chi connectivity index (χ1) is 14.9. The van der Waals surface area contributed by atoms with Crippen molar-refractivity contribution in [2.24, 2.45) is 5.73 Å². The lowest BCUT2D eigenvalue weighted by Gasteiger charge is -2.32. The third kappa shape index (κ3) is 4.32. The topological polar surface area (TPSA) is 103 Å². The molecule has 3 N–H and O–H groups in total. The van der Waals surface area contributed by atoms with Crippen LogP contribution in [0.25, 0.3) is 11.0 Å². The lowest BCUT2D eigenvalue weighted by atomic mass is 10.1. The Morgan fingerprint density at radius 1 is 1.16 bits per heavy atom. The first kappa shape index (κ1) is 23.3. The van der Waals surface area contributed by atoms with E-state index in [1.165, 1.54) is 44.4 Å². The zero-order chi connectivity index (χ0) is 23.8. The molecule has 1 heterocycles. The van der Waals surface area contributed by atoms with Crippen molar-refractivity contribution in [2.75, 3.05) is 20.7 Å². The number of benzene rings is 2. The normalized spacial score (nSPS) is 13.2. The van der Waals surface area contributed by atoms with Gasteiger partial charge in [0.25, 0.3) is 5.91 Å². The molecule has 1 aromatic heterocycles. The van der Waals surface area contributed by atoms with E-state index in [4.69, 9.17) is 14.9 Å². The van der Waals surface area contributed by atoms with Crippen molar-refractivity contribution in [2.45, 2.75) is 19.1 Å². The molecule has 0 saturated heterocycles. The number of alkyl halides is 3. The number of nitrogens with zero attached hydrogens (tertiary/aromatic N) is 1. The number of fused-ring (bicyclic) bond motifs is 1. The Kier molecular flexibility index (Phi) is 6.03. The van der Waals surface area contributed by atoms with Gasteiger partial charge >= 0.3 is 12.1 Å². The van der Waals surface area contributed by atoms with Gasteiger partial charge in [0, 0.05) is 5.39 Å². The quantitative estimate of drug-likeness (QED) is 0.558. The number of hydrogen-bond acceptors (Lipinski definition) is 5. The zero-order valence-electron chi connectivity index (χ0n) is 17.6. The zero-order valence-corrected chi connectivity index (χ0v) is 17.6. The first-order valence-electron chi connectivity index (χ1n) is 9.53. The number of likely N-dealkylation sites (N-methyl/N-ethyl adjacent to an activating group) is 1. The number of carbonyl (C=O) groups is 2. The Hall–Kier alpha value is -3.37. The van der Waals surface area contributed by atoms with Crippen LogP contribution in [0.5, 0.6) is 11.5 Å². The van der Waals surface area contributed by atoms with Crippen LogP contribution >= 0.6 is 0 Å². The summed E-state index contributed by atoms with van der Waals surface area (Å²) in [4.78, 5) is 25.0. The first-order valence-corrected chi connectivity index (χ1v) is 9.53. The van der Waals surface area contributed by atoms with Crippen molar-refractivity contribution in [3.05, 3.63) is 59.4 Å². The monoisotopic (exact) mass is 451 g/mol. The average molecular weight is 451 g/mol. The minimum absolute atomic E-state index is 0.0301. The smallest absolute Gasteiger partial charge is 0.416 e. The average Bonchev–Trinajstić information content (AvgIpc) is 3.01. The molecule has 2 amide bonds. The molecule has 10 heteroatoms. The van der Waals surface area contributed by atoms with Crippen molar-refractivity contribution in [3.8, 4) is 11.5 Å². The minimum atomic E-state index is -4.52. The second-order valence-corrected chi connectivity index (χ2v) is 7.76. The molecule has 3 rings (SSSR count). The molecule has 0 aliphatic rings. The fourth-order valence-corrected chi connectivity index (χ4v) is 3.44. The Bertz CT molecular complexity index is 1180. The number of aliphatic hydroxyl groups excluding tert-OH is 1. The van der Waals surface area contributed by atoms with Crippen molar-refractivity contribution >= 4 is 22.8 Å². The summed E-state index contributed by atoms with van der Waals surface area (Å²) in [5.41, 5.74) is 4.98. The van der Waals surface area contributed by atoms with E-state index in [1.807, 2.05) is 0 Å². The summed E-state index contributed by atoms with van der Waals surface area (Å²) in [5, 5.41) is 9.91. The van der Waals surface area contributed by atoms with Crippen molar-refractivity contribution < 1.29 is 41.5 Å². The van der Waals surface area contributed by atoms with E-state index in [9.17, 15) is 27.9 Å². The maximum Gasteiger partial charge on any atom is 0.416 e. The van der Waals surface area contributed by atoms with Gasteiger partial charge < -0.3 is 20.0 Å². The van der Waals surface area contributed by atoms with Crippen LogP contribution in [0.2, 0.25) is 0 Å². The second kappa shape index (κ2) is 8.29. The summed E-state index contributed by atoms with van der Waals surface area (Å²) in [6, 6.07) is 7.73. The van der Waals surface area contributed by atoms with Crippen LogP contribution in [-0.2, 0) is 11.0 Å². The molecule has 1 atom stereocenters. The van der Waals surface area contributed by atoms with E-state index in [0.29, 0.717) is 11.0 Å². The number of furan rings is 1.